The maximum absolute atomic E-state index is 9.75. The van der Waals surface area contributed by atoms with Crippen LogP contribution in [0.2, 0.25) is 0 Å². The van der Waals surface area contributed by atoms with Gasteiger partial charge in [0.05, 0.1) is 0 Å². The molecule has 0 saturated heterocycles. The third-order valence-electron chi connectivity index (χ3n) is 2.16. The average Bonchev–Trinajstić information content (AvgIpc) is 2.33. The molecule has 0 unspecified atom stereocenters. The van der Waals surface area contributed by atoms with Gasteiger partial charge in [-0.3, -0.25) is 0 Å². The third kappa shape index (κ3) is 17.1. The summed E-state index contributed by atoms with van der Waals surface area (Å²) in [7, 11) is -6.00. The molecule has 1 aromatic carbocycles. The Kier molecular flexibility index (Phi) is 10.4. The number of hydrogen-bond acceptors (Lipinski definition) is 0. The van der Waals surface area contributed by atoms with Gasteiger partial charge in [0.1, 0.15) is 5.75 Å². The van der Waals surface area contributed by atoms with E-state index in [4.69, 9.17) is 0 Å². The molecule has 1 aromatic rings. The SMILES string of the molecule is F[B-](F)(F)F.[SH2+]CCCCC/C=C/c1ccccc1. The molecule has 0 heterocycles. The van der Waals surface area contributed by atoms with Crippen molar-refractivity contribution >= 4 is 26.0 Å². The Morgan fingerprint density at radius 1 is 0.947 bits per heavy atom. The molecular formula is C13H19BF4S. The van der Waals surface area contributed by atoms with Crippen molar-refractivity contribution in [1.82, 2.24) is 0 Å². The number of rotatable bonds is 6. The molecule has 0 bridgehead atoms. The fraction of sp³-hybridized carbons (Fsp3) is 0.385. The standard InChI is InChI=1S/C13H18S.BF4/c14-12-8-3-1-2-5-9-13-10-6-4-7-11-13;2-1(3,4)5/h4-7,9-11,14H,1-3,8,12H2;/q;-1/p+1/b9-5+;. The molecule has 0 N–H and O–H groups in total. The van der Waals surface area contributed by atoms with Crippen molar-refractivity contribution in [3.8, 4) is 0 Å². The average molecular weight is 294 g/mol. The van der Waals surface area contributed by atoms with Crippen LogP contribution in [0.5, 0.6) is 0 Å². The van der Waals surface area contributed by atoms with Gasteiger partial charge in [0.15, 0.2) is 0 Å². The molecule has 0 radical (unpaired) electrons. The largest absolute Gasteiger partial charge is 0.673 e. The van der Waals surface area contributed by atoms with Crippen LogP contribution in [0, 0.1) is 0 Å². The molecule has 0 aliphatic heterocycles. The van der Waals surface area contributed by atoms with E-state index in [1.165, 1.54) is 31.2 Å². The molecule has 0 aliphatic carbocycles. The fourth-order valence-electron chi connectivity index (χ4n) is 1.35. The maximum Gasteiger partial charge on any atom is 0.673 e. The molecule has 0 saturated carbocycles. The van der Waals surface area contributed by atoms with E-state index in [9.17, 15) is 17.3 Å². The van der Waals surface area contributed by atoms with Gasteiger partial charge in [-0.2, -0.15) is 0 Å². The van der Waals surface area contributed by atoms with Gasteiger partial charge in [0.25, 0.3) is 0 Å². The van der Waals surface area contributed by atoms with E-state index in [0.717, 1.165) is 5.75 Å². The van der Waals surface area contributed by atoms with Crippen molar-refractivity contribution < 1.29 is 17.3 Å². The Balaban J connectivity index is 0.000000555. The minimum atomic E-state index is -6.00. The summed E-state index contributed by atoms with van der Waals surface area (Å²) in [5.41, 5.74) is 1.30. The third-order valence-corrected chi connectivity index (χ3v) is 2.51. The van der Waals surface area contributed by atoms with Crippen LogP contribution in [0.1, 0.15) is 31.2 Å². The molecule has 0 spiro atoms. The highest BCUT2D eigenvalue weighted by Gasteiger charge is 2.20. The van der Waals surface area contributed by atoms with Crippen LogP contribution in [0.25, 0.3) is 6.08 Å². The smallest absolute Gasteiger partial charge is 0.418 e. The minimum absolute atomic E-state index is 1.13. The summed E-state index contributed by atoms with van der Waals surface area (Å²) in [5, 5.41) is 0. The highest BCUT2D eigenvalue weighted by Crippen LogP contribution is 2.06. The number of hydrogen-bond donors (Lipinski definition) is 0. The zero-order chi connectivity index (χ0) is 14.6. The molecule has 0 fully saturated rings. The lowest BCUT2D eigenvalue weighted by Crippen LogP contribution is -2.02. The molecule has 0 aliphatic rings. The summed E-state index contributed by atoms with van der Waals surface area (Å²) in [4.78, 5) is 0. The van der Waals surface area contributed by atoms with E-state index in [-0.39, 0.29) is 0 Å². The maximum atomic E-state index is 9.75. The summed E-state index contributed by atoms with van der Waals surface area (Å²) in [6.45, 7) is 0. The van der Waals surface area contributed by atoms with Crippen molar-refractivity contribution in [2.45, 2.75) is 25.7 Å². The zero-order valence-corrected chi connectivity index (χ0v) is 11.7. The highest BCUT2D eigenvalue weighted by molar-refractivity contribution is 7.58. The Bertz CT molecular complexity index is 332. The van der Waals surface area contributed by atoms with Gasteiger partial charge in [-0.05, 0) is 43.9 Å². The van der Waals surface area contributed by atoms with Crippen LogP contribution < -0.4 is 0 Å². The van der Waals surface area contributed by atoms with Crippen molar-refractivity contribution in [1.29, 1.82) is 0 Å². The van der Waals surface area contributed by atoms with E-state index in [0.29, 0.717) is 0 Å². The predicted molar refractivity (Wildman–Crippen MR) is 79.2 cm³/mol. The van der Waals surface area contributed by atoms with Crippen molar-refractivity contribution in [3.63, 3.8) is 0 Å². The van der Waals surface area contributed by atoms with Gasteiger partial charge in [0, 0.05) is 0 Å². The van der Waals surface area contributed by atoms with Crippen LogP contribution in [0.4, 0.5) is 17.3 Å². The number of benzene rings is 1. The molecular weight excluding hydrogens is 275 g/mol. The minimum Gasteiger partial charge on any atom is -0.418 e. The molecule has 6 heteroatoms. The summed E-state index contributed by atoms with van der Waals surface area (Å²) in [6.07, 6.45) is 9.57. The van der Waals surface area contributed by atoms with Crippen LogP contribution in [-0.4, -0.2) is 13.0 Å². The highest BCUT2D eigenvalue weighted by atomic mass is 32.1. The number of allylic oxidation sites excluding steroid dienone is 1. The van der Waals surface area contributed by atoms with E-state index in [1.807, 2.05) is 6.07 Å². The van der Waals surface area contributed by atoms with Crippen LogP contribution in [-0.2, 0) is 12.6 Å². The lowest BCUT2D eigenvalue weighted by atomic mass is 10.1. The molecule has 0 amide bonds. The van der Waals surface area contributed by atoms with E-state index < -0.39 is 7.25 Å². The number of halogens is 4. The second kappa shape index (κ2) is 11.0. The molecule has 0 atom stereocenters. The molecule has 0 nitrogen and oxygen atoms in total. The van der Waals surface area contributed by atoms with Crippen LogP contribution >= 0.6 is 0 Å². The summed E-state index contributed by atoms with van der Waals surface area (Å²) in [5.74, 6) is 1.13. The van der Waals surface area contributed by atoms with Gasteiger partial charge in [0.2, 0.25) is 0 Å². The van der Waals surface area contributed by atoms with E-state index in [1.54, 1.807) is 0 Å². The van der Waals surface area contributed by atoms with Gasteiger partial charge >= 0.3 is 7.25 Å². The molecule has 0 aromatic heterocycles. The first-order chi connectivity index (χ1) is 8.93. The van der Waals surface area contributed by atoms with Crippen LogP contribution in [0.15, 0.2) is 36.4 Å². The van der Waals surface area contributed by atoms with E-state index in [2.05, 4.69) is 49.0 Å². The first-order valence-electron chi connectivity index (χ1n) is 6.17. The van der Waals surface area contributed by atoms with Crippen molar-refractivity contribution in [2.75, 3.05) is 5.75 Å². The predicted octanol–water partition coefficient (Wildman–Crippen LogP) is 4.57. The van der Waals surface area contributed by atoms with Crippen LogP contribution in [0.3, 0.4) is 0 Å². The summed E-state index contributed by atoms with van der Waals surface area (Å²) >= 11 is 3.48. The second-order valence-electron chi connectivity index (χ2n) is 3.91. The van der Waals surface area contributed by atoms with Gasteiger partial charge in [-0.25, -0.2) is 0 Å². The first kappa shape index (κ1) is 18.1. The summed E-state index contributed by atoms with van der Waals surface area (Å²) in [6, 6.07) is 10.5. The Morgan fingerprint density at radius 3 is 2.05 bits per heavy atom. The fourth-order valence-corrected chi connectivity index (χ4v) is 1.60. The molecule has 19 heavy (non-hydrogen) atoms. The Labute approximate surface area is 117 Å². The number of unbranched alkanes of at least 4 members (excludes halogenated alkanes) is 3. The van der Waals surface area contributed by atoms with Gasteiger partial charge in [-0.1, -0.05) is 42.5 Å². The summed E-state index contributed by atoms with van der Waals surface area (Å²) < 4.78 is 39.0. The molecule has 108 valence electrons. The lowest BCUT2D eigenvalue weighted by Gasteiger charge is -1.94. The first-order valence-corrected chi connectivity index (χ1v) is 6.87. The van der Waals surface area contributed by atoms with Crippen molar-refractivity contribution in [3.05, 3.63) is 42.0 Å². The quantitative estimate of drug-likeness (QED) is 0.312. The van der Waals surface area contributed by atoms with Gasteiger partial charge < -0.3 is 17.3 Å². The molecule has 1 rings (SSSR count). The Morgan fingerprint density at radius 2 is 1.53 bits per heavy atom. The monoisotopic (exact) mass is 294 g/mol. The lowest BCUT2D eigenvalue weighted by molar-refractivity contribution is 0.368. The van der Waals surface area contributed by atoms with Gasteiger partial charge in [-0.15, -0.1) is 0 Å². The zero-order valence-electron chi connectivity index (χ0n) is 10.7. The topological polar surface area (TPSA) is 0 Å². The van der Waals surface area contributed by atoms with Crippen molar-refractivity contribution in [2.24, 2.45) is 0 Å². The van der Waals surface area contributed by atoms with E-state index >= 15 is 0 Å². The Hall–Kier alpha value is -0.905. The second-order valence-corrected chi connectivity index (χ2v) is 4.41. The normalized spacial score (nSPS) is 11.2.